The average molecular weight is 328 g/mol. The third kappa shape index (κ3) is 4.94. The van der Waals surface area contributed by atoms with Crippen LogP contribution in [0.15, 0.2) is 24.1 Å². The fraction of sp³-hybridized carbons (Fsp3) is 0.643. The van der Waals surface area contributed by atoms with Crippen molar-refractivity contribution in [2.75, 3.05) is 18.8 Å². The Hall–Kier alpha value is -1.70. The third-order valence-corrected chi connectivity index (χ3v) is 4.68. The first-order valence-corrected chi connectivity index (χ1v) is 9.16. The zero-order chi connectivity index (χ0) is 16.6. The highest BCUT2D eigenvalue weighted by atomic mass is 32.2. The highest BCUT2D eigenvalue weighted by molar-refractivity contribution is 7.91. The first kappa shape index (κ1) is 18.3. The monoisotopic (exact) mass is 328 g/mol. The van der Waals surface area contributed by atoms with E-state index in [-0.39, 0.29) is 10.9 Å². The van der Waals surface area contributed by atoms with Gasteiger partial charge in [-0.1, -0.05) is 32.8 Å². The second kappa shape index (κ2) is 8.67. The first-order chi connectivity index (χ1) is 10.5. The van der Waals surface area contributed by atoms with Crippen LogP contribution in [0.25, 0.3) is 0 Å². The Morgan fingerprint density at radius 3 is 2.64 bits per heavy atom. The third-order valence-electron chi connectivity index (χ3n) is 3.11. The molecule has 0 aromatic carbocycles. The highest BCUT2D eigenvalue weighted by Crippen LogP contribution is 2.08. The molecule has 0 atom stereocenters. The molecule has 0 saturated carbocycles. The molecule has 0 fully saturated rings. The summed E-state index contributed by atoms with van der Waals surface area (Å²) in [5.74, 6) is -0.00604. The van der Waals surface area contributed by atoms with Crippen LogP contribution in [0.3, 0.4) is 0 Å². The summed E-state index contributed by atoms with van der Waals surface area (Å²) in [5.41, 5.74) is 0. The smallest absolute Gasteiger partial charge is 0.319 e. The van der Waals surface area contributed by atoms with E-state index >= 15 is 0 Å². The maximum absolute atomic E-state index is 12.3. The van der Waals surface area contributed by atoms with Gasteiger partial charge >= 0.3 is 6.03 Å². The van der Waals surface area contributed by atoms with Gasteiger partial charge in [-0.25, -0.2) is 18.2 Å². The SMILES string of the molecule is C=CCN(CCCC)C(=O)n1cnc(S(=O)(=O)CCCC)n1. The average Bonchev–Trinajstić information content (AvgIpc) is 2.99. The maximum Gasteiger partial charge on any atom is 0.346 e. The first-order valence-electron chi connectivity index (χ1n) is 7.50. The van der Waals surface area contributed by atoms with Crippen molar-refractivity contribution in [1.82, 2.24) is 19.7 Å². The Kier molecular flexibility index (Phi) is 7.23. The molecule has 0 aliphatic rings. The van der Waals surface area contributed by atoms with E-state index in [1.54, 1.807) is 11.0 Å². The van der Waals surface area contributed by atoms with Crippen LogP contribution in [-0.4, -0.2) is 53.0 Å². The fourth-order valence-electron chi connectivity index (χ4n) is 1.82. The zero-order valence-corrected chi connectivity index (χ0v) is 14.0. The molecule has 8 heteroatoms. The lowest BCUT2D eigenvalue weighted by Gasteiger charge is -2.19. The lowest BCUT2D eigenvalue weighted by atomic mass is 10.3. The van der Waals surface area contributed by atoms with Crippen molar-refractivity contribution in [2.24, 2.45) is 0 Å². The minimum absolute atomic E-state index is 0.00604. The molecule has 0 radical (unpaired) electrons. The second-order valence-corrected chi connectivity index (χ2v) is 7.02. The minimum atomic E-state index is -3.52. The lowest BCUT2D eigenvalue weighted by molar-refractivity contribution is 0.200. The van der Waals surface area contributed by atoms with Gasteiger partial charge in [0.25, 0.3) is 5.16 Å². The lowest BCUT2D eigenvalue weighted by Crippen LogP contribution is -2.36. The van der Waals surface area contributed by atoms with Crippen LogP contribution < -0.4 is 0 Å². The molecule has 1 aromatic rings. The molecule has 7 nitrogen and oxygen atoms in total. The van der Waals surface area contributed by atoms with Crippen molar-refractivity contribution in [3.05, 3.63) is 19.0 Å². The Bertz CT molecular complexity index is 595. The summed E-state index contributed by atoms with van der Waals surface area (Å²) in [6.07, 6.45) is 5.91. The Morgan fingerprint density at radius 2 is 2.05 bits per heavy atom. The molecule has 1 amide bonds. The van der Waals surface area contributed by atoms with E-state index in [2.05, 4.69) is 16.7 Å². The van der Waals surface area contributed by atoms with E-state index in [1.165, 1.54) is 0 Å². The molecule has 1 aromatic heterocycles. The van der Waals surface area contributed by atoms with Gasteiger partial charge in [-0.3, -0.25) is 0 Å². The predicted octanol–water partition coefficient (Wildman–Crippen LogP) is 2.11. The van der Waals surface area contributed by atoms with Gasteiger partial charge in [0.2, 0.25) is 9.84 Å². The molecular weight excluding hydrogens is 304 g/mol. The number of sulfone groups is 1. The highest BCUT2D eigenvalue weighted by Gasteiger charge is 2.22. The van der Waals surface area contributed by atoms with Gasteiger partial charge in [0, 0.05) is 13.1 Å². The second-order valence-electron chi connectivity index (χ2n) is 5.01. The molecule has 0 saturated heterocycles. The van der Waals surface area contributed by atoms with Crippen molar-refractivity contribution >= 4 is 15.9 Å². The number of carbonyl (C=O) groups is 1. The van der Waals surface area contributed by atoms with Gasteiger partial charge in [-0.05, 0) is 12.8 Å². The van der Waals surface area contributed by atoms with Gasteiger partial charge in [-0.15, -0.1) is 11.7 Å². The summed E-state index contributed by atoms with van der Waals surface area (Å²) in [6.45, 7) is 8.52. The summed E-state index contributed by atoms with van der Waals surface area (Å²) in [5, 5.41) is 3.55. The number of aromatic nitrogens is 3. The van der Waals surface area contributed by atoms with Gasteiger partial charge < -0.3 is 4.90 Å². The molecular formula is C14H24N4O3S. The van der Waals surface area contributed by atoms with E-state index in [4.69, 9.17) is 0 Å². The molecule has 0 bridgehead atoms. The molecule has 0 spiro atoms. The number of rotatable bonds is 9. The van der Waals surface area contributed by atoms with Gasteiger partial charge in [0.1, 0.15) is 6.33 Å². The Morgan fingerprint density at radius 1 is 1.36 bits per heavy atom. The molecule has 0 aliphatic carbocycles. The summed E-state index contributed by atoms with van der Waals surface area (Å²) >= 11 is 0. The van der Waals surface area contributed by atoms with Crippen LogP contribution in [0.2, 0.25) is 0 Å². The van der Waals surface area contributed by atoms with Crippen molar-refractivity contribution in [1.29, 1.82) is 0 Å². The van der Waals surface area contributed by atoms with E-state index < -0.39 is 15.9 Å². The Balaban J connectivity index is 2.88. The number of nitrogens with zero attached hydrogens (tertiary/aromatic N) is 4. The maximum atomic E-state index is 12.3. The summed E-state index contributed by atoms with van der Waals surface area (Å²) in [4.78, 5) is 17.7. The fourth-order valence-corrected chi connectivity index (χ4v) is 3.09. The number of unbranched alkanes of at least 4 members (excludes halogenated alkanes) is 2. The predicted molar refractivity (Wildman–Crippen MR) is 84.5 cm³/mol. The number of amides is 1. The van der Waals surface area contributed by atoms with Gasteiger partial charge in [0.05, 0.1) is 5.75 Å². The van der Waals surface area contributed by atoms with Gasteiger partial charge in [0.15, 0.2) is 0 Å². The summed E-state index contributed by atoms with van der Waals surface area (Å²) in [6, 6.07) is -0.391. The molecule has 0 aliphatic heterocycles. The van der Waals surface area contributed by atoms with E-state index in [1.807, 2.05) is 13.8 Å². The normalized spacial score (nSPS) is 11.4. The van der Waals surface area contributed by atoms with Crippen molar-refractivity contribution in [3.63, 3.8) is 0 Å². The minimum Gasteiger partial charge on any atom is -0.319 e. The van der Waals surface area contributed by atoms with Crippen molar-refractivity contribution in [3.8, 4) is 0 Å². The molecule has 1 rings (SSSR count). The molecule has 22 heavy (non-hydrogen) atoms. The van der Waals surface area contributed by atoms with Crippen LogP contribution in [0, 0.1) is 0 Å². The van der Waals surface area contributed by atoms with E-state index in [0.29, 0.717) is 19.5 Å². The Labute approximate surface area is 131 Å². The van der Waals surface area contributed by atoms with Crippen LogP contribution in [0.1, 0.15) is 39.5 Å². The number of hydrogen-bond acceptors (Lipinski definition) is 5. The van der Waals surface area contributed by atoms with E-state index in [9.17, 15) is 13.2 Å². The van der Waals surface area contributed by atoms with Crippen LogP contribution in [0.4, 0.5) is 4.79 Å². The molecule has 0 unspecified atom stereocenters. The molecule has 1 heterocycles. The van der Waals surface area contributed by atoms with Gasteiger partial charge in [-0.2, -0.15) is 4.68 Å². The van der Waals surface area contributed by atoms with E-state index in [0.717, 1.165) is 30.3 Å². The van der Waals surface area contributed by atoms with Crippen molar-refractivity contribution < 1.29 is 13.2 Å². The summed E-state index contributed by atoms with van der Waals surface area (Å²) < 4.78 is 25.0. The summed E-state index contributed by atoms with van der Waals surface area (Å²) in [7, 11) is -3.52. The quantitative estimate of drug-likeness (QED) is 0.648. The van der Waals surface area contributed by atoms with Crippen LogP contribution in [0.5, 0.6) is 0 Å². The van der Waals surface area contributed by atoms with Crippen LogP contribution in [-0.2, 0) is 9.84 Å². The topological polar surface area (TPSA) is 85.2 Å². The molecule has 124 valence electrons. The molecule has 0 N–H and O–H groups in total. The standard InChI is InChI=1S/C14H24N4O3S/c1-4-7-10-17(9-6-3)14(19)18-12-15-13(16-18)22(20,21)11-8-5-2/h6,12H,3-5,7-11H2,1-2H3. The van der Waals surface area contributed by atoms with Crippen LogP contribution >= 0.6 is 0 Å². The van der Waals surface area contributed by atoms with Crippen molar-refractivity contribution in [2.45, 2.75) is 44.7 Å². The number of carbonyl (C=O) groups excluding carboxylic acids is 1. The largest absolute Gasteiger partial charge is 0.346 e. The number of hydrogen-bond donors (Lipinski definition) is 0. The zero-order valence-electron chi connectivity index (χ0n) is 13.2.